The molecule has 0 spiro atoms. The summed E-state index contributed by atoms with van der Waals surface area (Å²) in [6.07, 6.45) is 5.34. The molecule has 0 unspecified atom stereocenters. The summed E-state index contributed by atoms with van der Waals surface area (Å²) in [6, 6.07) is 12.0. The van der Waals surface area contributed by atoms with E-state index in [-0.39, 0.29) is 24.0 Å². The number of halogens is 1. The van der Waals surface area contributed by atoms with Gasteiger partial charge in [-0.15, -0.1) is 24.0 Å². The zero-order valence-electron chi connectivity index (χ0n) is 14.9. The molecule has 7 nitrogen and oxygen atoms in total. The minimum atomic E-state index is 0. The predicted molar refractivity (Wildman–Crippen MR) is 118 cm³/mol. The average Bonchev–Trinajstić information content (AvgIpc) is 2.72. The van der Waals surface area contributed by atoms with Gasteiger partial charge >= 0.3 is 0 Å². The maximum atomic E-state index is 6.21. The van der Waals surface area contributed by atoms with E-state index in [0.29, 0.717) is 12.5 Å². The fourth-order valence-corrected chi connectivity index (χ4v) is 3.09. The van der Waals surface area contributed by atoms with Crippen molar-refractivity contribution in [3.8, 4) is 0 Å². The smallest absolute Gasteiger partial charge is 0.225 e. The molecule has 3 heterocycles. The number of piperazine rings is 1. The van der Waals surface area contributed by atoms with Crippen LogP contribution in [0.3, 0.4) is 0 Å². The Morgan fingerprint density at radius 1 is 0.963 bits per heavy atom. The molecule has 0 radical (unpaired) electrons. The van der Waals surface area contributed by atoms with Crippen molar-refractivity contribution in [1.29, 1.82) is 0 Å². The van der Waals surface area contributed by atoms with Gasteiger partial charge in [0.2, 0.25) is 5.95 Å². The minimum Gasteiger partial charge on any atom is -0.370 e. The lowest BCUT2D eigenvalue weighted by molar-refractivity contribution is 0.378. The van der Waals surface area contributed by atoms with Crippen LogP contribution in [-0.2, 0) is 6.54 Å². The maximum absolute atomic E-state index is 6.21. The van der Waals surface area contributed by atoms with E-state index in [1.807, 2.05) is 18.2 Å². The van der Waals surface area contributed by atoms with E-state index < -0.39 is 0 Å². The normalized spacial score (nSPS) is 14.9. The molecular formula is C19H22IN7. The van der Waals surface area contributed by atoms with Crippen molar-refractivity contribution < 1.29 is 0 Å². The van der Waals surface area contributed by atoms with E-state index >= 15 is 0 Å². The molecule has 1 aromatic carbocycles. The number of hydrogen-bond acceptors (Lipinski definition) is 5. The van der Waals surface area contributed by atoms with Crippen molar-refractivity contribution in [3.05, 3.63) is 60.6 Å². The number of aliphatic imine (C=N–C) groups is 1. The highest BCUT2D eigenvalue weighted by Crippen LogP contribution is 2.14. The Balaban J connectivity index is 0.00000210. The van der Waals surface area contributed by atoms with Crippen LogP contribution in [-0.4, -0.2) is 52.0 Å². The number of pyridine rings is 1. The van der Waals surface area contributed by atoms with Crippen LogP contribution in [0.5, 0.6) is 0 Å². The number of fused-ring (bicyclic) bond motifs is 1. The number of benzene rings is 1. The SMILES string of the molecule is I.NC(=NCc1ccc2ncccc2c1)N1CCN(c2ncccn2)CC1. The Morgan fingerprint density at radius 3 is 2.48 bits per heavy atom. The van der Waals surface area contributed by atoms with Crippen molar-refractivity contribution in [2.24, 2.45) is 10.7 Å². The van der Waals surface area contributed by atoms with Crippen molar-refractivity contribution in [2.75, 3.05) is 31.1 Å². The number of guanidine groups is 1. The lowest BCUT2D eigenvalue weighted by atomic mass is 10.1. The molecule has 4 rings (SSSR count). The summed E-state index contributed by atoms with van der Waals surface area (Å²) in [5, 5.41) is 1.12. The zero-order chi connectivity index (χ0) is 17.8. The van der Waals surface area contributed by atoms with Crippen LogP contribution in [0.1, 0.15) is 5.56 Å². The molecule has 2 N–H and O–H groups in total. The highest BCUT2D eigenvalue weighted by atomic mass is 127. The number of hydrogen-bond donors (Lipinski definition) is 1. The second-order valence-electron chi connectivity index (χ2n) is 6.23. The van der Waals surface area contributed by atoms with Gasteiger partial charge in [0.15, 0.2) is 5.96 Å². The summed E-state index contributed by atoms with van der Waals surface area (Å²) < 4.78 is 0. The third-order valence-electron chi connectivity index (χ3n) is 4.53. The summed E-state index contributed by atoms with van der Waals surface area (Å²) in [5.74, 6) is 1.36. The second kappa shape index (κ2) is 8.94. The van der Waals surface area contributed by atoms with E-state index in [1.165, 1.54) is 0 Å². The fraction of sp³-hybridized carbons (Fsp3) is 0.263. The number of aromatic nitrogens is 3. The quantitative estimate of drug-likeness (QED) is 0.356. The Hall–Kier alpha value is -2.49. The summed E-state index contributed by atoms with van der Waals surface area (Å²) in [5.41, 5.74) is 8.33. The number of nitrogens with zero attached hydrogens (tertiary/aromatic N) is 6. The molecule has 1 saturated heterocycles. The Bertz CT molecular complexity index is 908. The van der Waals surface area contributed by atoms with Crippen molar-refractivity contribution in [1.82, 2.24) is 19.9 Å². The molecule has 2 aromatic heterocycles. The first-order valence-corrected chi connectivity index (χ1v) is 8.70. The molecule has 0 atom stereocenters. The summed E-state index contributed by atoms with van der Waals surface area (Å²) in [4.78, 5) is 21.8. The summed E-state index contributed by atoms with van der Waals surface area (Å²) in [7, 11) is 0. The topological polar surface area (TPSA) is 83.5 Å². The van der Waals surface area contributed by atoms with Crippen LogP contribution >= 0.6 is 24.0 Å². The zero-order valence-corrected chi connectivity index (χ0v) is 17.2. The molecule has 1 fully saturated rings. The third kappa shape index (κ3) is 4.62. The molecule has 8 heteroatoms. The highest BCUT2D eigenvalue weighted by Gasteiger charge is 2.19. The van der Waals surface area contributed by atoms with Gasteiger partial charge in [-0.1, -0.05) is 12.1 Å². The monoisotopic (exact) mass is 475 g/mol. The Kier molecular flexibility index (Phi) is 6.38. The Labute approximate surface area is 175 Å². The van der Waals surface area contributed by atoms with Crippen LogP contribution in [0, 0.1) is 0 Å². The summed E-state index contributed by atoms with van der Waals surface area (Å²) >= 11 is 0. The molecule has 0 amide bonds. The molecule has 140 valence electrons. The Morgan fingerprint density at radius 2 is 1.70 bits per heavy atom. The maximum Gasteiger partial charge on any atom is 0.225 e. The van der Waals surface area contributed by atoms with Gasteiger partial charge in [-0.3, -0.25) is 4.98 Å². The van der Waals surface area contributed by atoms with Crippen molar-refractivity contribution >= 4 is 46.8 Å². The molecule has 1 aliphatic rings. The van der Waals surface area contributed by atoms with Gasteiger partial charge in [-0.05, 0) is 29.8 Å². The molecule has 27 heavy (non-hydrogen) atoms. The molecule has 0 saturated carbocycles. The average molecular weight is 475 g/mol. The largest absolute Gasteiger partial charge is 0.370 e. The van der Waals surface area contributed by atoms with Crippen LogP contribution in [0.4, 0.5) is 5.95 Å². The first-order chi connectivity index (χ1) is 12.8. The van der Waals surface area contributed by atoms with E-state index in [2.05, 4.69) is 47.9 Å². The van der Waals surface area contributed by atoms with E-state index in [0.717, 1.165) is 48.6 Å². The van der Waals surface area contributed by atoms with Crippen LogP contribution < -0.4 is 10.6 Å². The van der Waals surface area contributed by atoms with Crippen LogP contribution in [0.2, 0.25) is 0 Å². The molecular weight excluding hydrogens is 453 g/mol. The van der Waals surface area contributed by atoms with E-state index in [9.17, 15) is 0 Å². The van der Waals surface area contributed by atoms with Crippen LogP contribution in [0.25, 0.3) is 10.9 Å². The fourth-order valence-electron chi connectivity index (χ4n) is 3.09. The second-order valence-corrected chi connectivity index (χ2v) is 6.23. The minimum absolute atomic E-state index is 0. The number of anilines is 1. The van der Waals surface area contributed by atoms with Gasteiger partial charge in [0.05, 0.1) is 12.1 Å². The molecule has 3 aromatic rings. The number of rotatable bonds is 3. The molecule has 0 aliphatic carbocycles. The summed E-state index contributed by atoms with van der Waals surface area (Å²) in [6.45, 7) is 3.87. The van der Waals surface area contributed by atoms with Crippen molar-refractivity contribution in [3.63, 3.8) is 0 Å². The molecule has 1 aliphatic heterocycles. The first kappa shape index (κ1) is 19.3. The first-order valence-electron chi connectivity index (χ1n) is 8.70. The van der Waals surface area contributed by atoms with Gasteiger partial charge in [-0.2, -0.15) is 0 Å². The van der Waals surface area contributed by atoms with Gasteiger partial charge in [0.1, 0.15) is 0 Å². The predicted octanol–water partition coefficient (Wildman–Crippen LogP) is 2.28. The lowest BCUT2D eigenvalue weighted by Gasteiger charge is -2.35. The lowest BCUT2D eigenvalue weighted by Crippen LogP contribution is -2.51. The van der Waals surface area contributed by atoms with Gasteiger partial charge in [-0.25, -0.2) is 15.0 Å². The van der Waals surface area contributed by atoms with E-state index in [1.54, 1.807) is 18.6 Å². The van der Waals surface area contributed by atoms with Gasteiger partial charge < -0.3 is 15.5 Å². The van der Waals surface area contributed by atoms with Crippen molar-refractivity contribution in [2.45, 2.75) is 6.54 Å². The standard InChI is InChI=1S/C19H21N7.HI/c20-18(24-14-15-4-5-17-16(13-15)3-1-6-21-17)25-9-11-26(12-10-25)19-22-7-2-8-23-19;/h1-8,13H,9-12,14H2,(H2,20,24);1H. The number of nitrogens with two attached hydrogens (primary N) is 1. The van der Waals surface area contributed by atoms with Crippen LogP contribution in [0.15, 0.2) is 60.0 Å². The van der Waals surface area contributed by atoms with E-state index in [4.69, 9.17) is 5.73 Å². The third-order valence-corrected chi connectivity index (χ3v) is 4.53. The molecule has 0 bridgehead atoms. The van der Waals surface area contributed by atoms with Gasteiger partial charge in [0, 0.05) is 50.2 Å². The van der Waals surface area contributed by atoms with Gasteiger partial charge in [0.25, 0.3) is 0 Å². The highest BCUT2D eigenvalue weighted by molar-refractivity contribution is 14.0.